The molecule has 1 aliphatic heterocycles. The minimum Gasteiger partial charge on any atom is -0.295 e. The second-order valence-electron chi connectivity index (χ2n) is 4.24. The first-order chi connectivity index (χ1) is 8.13. The molecule has 5 heteroatoms. The van der Waals surface area contributed by atoms with Crippen molar-refractivity contribution < 1.29 is 8.78 Å². The van der Waals surface area contributed by atoms with Gasteiger partial charge < -0.3 is 0 Å². The van der Waals surface area contributed by atoms with Crippen molar-refractivity contribution in [3.63, 3.8) is 0 Å². The van der Waals surface area contributed by atoms with E-state index in [1.807, 2.05) is 4.90 Å². The molecule has 0 spiro atoms. The summed E-state index contributed by atoms with van der Waals surface area (Å²) in [7, 11) is 0. The van der Waals surface area contributed by atoms with E-state index >= 15 is 0 Å². The lowest BCUT2D eigenvalue weighted by atomic mass is 10.1. The zero-order valence-corrected chi connectivity index (χ0v) is 11.6. The molecule has 1 aromatic rings. The van der Waals surface area contributed by atoms with Crippen LogP contribution in [0.2, 0.25) is 0 Å². The Hall–Kier alpha value is -0.190. The zero-order valence-electron chi connectivity index (χ0n) is 9.23. The Kier molecular flexibility index (Phi) is 4.39. The van der Waals surface area contributed by atoms with Crippen LogP contribution in [0.3, 0.4) is 0 Å². The van der Waals surface area contributed by atoms with Gasteiger partial charge in [-0.25, -0.2) is 8.78 Å². The van der Waals surface area contributed by atoms with Crippen molar-refractivity contribution in [2.24, 2.45) is 0 Å². The number of hydrogen-bond donors (Lipinski definition) is 0. The molecule has 2 rings (SSSR count). The Balaban J connectivity index is 2.21. The van der Waals surface area contributed by atoms with Crippen LogP contribution in [-0.2, 0) is 6.54 Å². The van der Waals surface area contributed by atoms with Gasteiger partial charge in [0.2, 0.25) is 0 Å². The molecule has 1 atom stereocenters. The lowest BCUT2D eigenvalue weighted by Crippen LogP contribution is -2.30. The van der Waals surface area contributed by atoms with Crippen LogP contribution in [-0.4, -0.2) is 23.4 Å². The maximum absolute atomic E-state index is 13.8. The van der Waals surface area contributed by atoms with Gasteiger partial charge in [-0.15, -0.1) is 11.6 Å². The van der Waals surface area contributed by atoms with Gasteiger partial charge in [0, 0.05) is 24.0 Å². The molecule has 0 aliphatic carbocycles. The van der Waals surface area contributed by atoms with Crippen LogP contribution in [0.25, 0.3) is 0 Å². The molecule has 1 saturated heterocycles. The summed E-state index contributed by atoms with van der Waals surface area (Å²) in [5.74, 6) is -0.492. The minimum atomic E-state index is -0.509. The van der Waals surface area contributed by atoms with Gasteiger partial charge in [-0.1, -0.05) is 0 Å². The predicted molar refractivity (Wildman–Crippen MR) is 68.2 cm³/mol. The van der Waals surface area contributed by atoms with E-state index in [2.05, 4.69) is 15.9 Å². The van der Waals surface area contributed by atoms with Gasteiger partial charge >= 0.3 is 0 Å². The van der Waals surface area contributed by atoms with Crippen LogP contribution in [0.5, 0.6) is 0 Å². The summed E-state index contributed by atoms with van der Waals surface area (Å²) in [6.45, 7) is 1.14. The van der Waals surface area contributed by atoms with Crippen molar-refractivity contribution in [1.29, 1.82) is 0 Å². The van der Waals surface area contributed by atoms with E-state index in [1.165, 1.54) is 12.1 Å². The SMILES string of the molecule is Fc1ccc(Br)c(F)c1CN1CCCC1CCl. The van der Waals surface area contributed by atoms with Crippen LogP contribution in [0, 0.1) is 11.6 Å². The quantitative estimate of drug-likeness (QED) is 0.601. The monoisotopic (exact) mass is 323 g/mol. The van der Waals surface area contributed by atoms with Crippen LogP contribution < -0.4 is 0 Å². The van der Waals surface area contributed by atoms with E-state index in [0.29, 0.717) is 10.4 Å². The van der Waals surface area contributed by atoms with Gasteiger partial charge in [0.05, 0.1) is 4.47 Å². The van der Waals surface area contributed by atoms with Crippen molar-refractivity contribution >= 4 is 27.5 Å². The summed E-state index contributed by atoms with van der Waals surface area (Å²) < 4.78 is 27.7. The predicted octanol–water partition coefficient (Wildman–Crippen LogP) is 3.93. The topological polar surface area (TPSA) is 3.24 Å². The Morgan fingerprint density at radius 1 is 1.41 bits per heavy atom. The van der Waals surface area contributed by atoms with Gasteiger partial charge in [-0.05, 0) is 47.4 Å². The molecule has 0 amide bonds. The number of rotatable bonds is 3. The first-order valence-corrected chi connectivity index (χ1v) is 6.88. The van der Waals surface area contributed by atoms with Crippen LogP contribution in [0.1, 0.15) is 18.4 Å². The fourth-order valence-electron chi connectivity index (χ4n) is 2.20. The summed E-state index contributed by atoms with van der Waals surface area (Å²) in [6.07, 6.45) is 2.04. The molecule has 1 nitrogen and oxygen atoms in total. The van der Waals surface area contributed by atoms with Crippen LogP contribution in [0.15, 0.2) is 16.6 Å². The molecule has 0 bridgehead atoms. The fourth-order valence-corrected chi connectivity index (χ4v) is 2.92. The van der Waals surface area contributed by atoms with Crippen molar-refractivity contribution in [3.05, 3.63) is 33.8 Å². The summed E-state index contributed by atoms with van der Waals surface area (Å²) in [6, 6.07) is 2.90. The highest BCUT2D eigenvalue weighted by molar-refractivity contribution is 9.10. The highest BCUT2D eigenvalue weighted by atomic mass is 79.9. The number of likely N-dealkylation sites (tertiary alicyclic amines) is 1. The maximum Gasteiger partial charge on any atom is 0.144 e. The van der Waals surface area contributed by atoms with E-state index in [0.717, 1.165) is 19.4 Å². The smallest absolute Gasteiger partial charge is 0.144 e. The Bertz CT molecular complexity index is 414. The Morgan fingerprint density at radius 2 is 2.18 bits per heavy atom. The van der Waals surface area contributed by atoms with E-state index in [-0.39, 0.29) is 18.2 Å². The highest BCUT2D eigenvalue weighted by Crippen LogP contribution is 2.26. The second kappa shape index (κ2) is 5.63. The average molecular weight is 325 g/mol. The molecular formula is C12H13BrClF2N. The second-order valence-corrected chi connectivity index (χ2v) is 5.41. The molecule has 0 saturated carbocycles. The van der Waals surface area contributed by atoms with Gasteiger partial charge in [0.25, 0.3) is 0 Å². The number of alkyl halides is 1. The lowest BCUT2D eigenvalue weighted by Gasteiger charge is -2.23. The van der Waals surface area contributed by atoms with E-state index < -0.39 is 11.6 Å². The van der Waals surface area contributed by atoms with Crippen molar-refractivity contribution in [3.8, 4) is 0 Å². The van der Waals surface area contributed by atoms with E-state index in [9.17, 15) is 8.78 Å². The Labute approximate surface area is 113 Å². The van der Waals surface area contributed by atoms with Crippen molar-refractivity contribution in [1.82, 2.24) is 4.90 Å². The summed E-state index contributed by atoms with van der Waals surface area (Å²) >= 11 is 8.92. The first kappa shape index (κ1) is 13.2. The van der Waals surface area contributed by atoms with Crippen LogP contribution in [0.4, 0.5) is 8.78 Å². The molecule has 0 aromatic heterocycles. The summed E-state index contributed by atoms with van der Waals surface area (Å²) in [5, 5.41) is 0. The number of benzene rings is 1. The molecule has 1 unspecified atom stereocenters. The molecule has 1 aliphatic rings. The highest BCUT2D eigenvalue weighted by Gasteiger charge is 2.26. The van der Waals surface area contributed by atoms with Gasteiger partial charge in [0.1, 0.15) is 11.6 Å². The zero-order chi connectivity index (χ0) is 12.4. The number of hydrogen-bond acceptors (Lipinski definition) is 1. The normalized spacial score (nSPS) is 21.1. The lowest BCUT2D eigenvalue weighted by molar-refractivity contribution is 0.254. The van der Waals surface area contributed by atoms with Gasteiger partial charge in [0.15, 0.2) is 0 Å². The average Bonchev–Trinajstić information content (AvgIpc) is 2.77. The molecule has 17 heavy (non-hydrogen) atoms. The number of halogens is 4. The third-order valence-corrected chi connectivity index (χ3v) is 4.15. The number of nitrogens with zero attached hydrogens (tertiary/aromatic N) is 1. The van der Waals surface area contributed by atoms with Gasteiger partial charge in [-0.2, -0.15) is 0 Å². The first-order valence-electron chi connectivity index (χ1n) is 5.56. The summed E-state index contributed by atoms with van der Waals surface area (Å²) in [5.41, 5.74) is 0.122. The molecule has 1 aromatic carbocycles. The fraction of sp³-hybridized carbons (Fsp3) is 0.500. The van der Waals surface area contributed by atoms with Crippen molar-refractivity contribution in [2.75, 3.05) is 12.4 Å². The van der Waals surface area contributed by atoms with Gasteiger partial charge in [-0.3, -0.25) is 4.90 Å². The molecule has 0 N–H and O–H groups in total. The summed E-state index contributed by atoms with van der Waals surface area (Å²) in [4.78, 5) is 2.04. The van der Waals surface area contributed by atoms with Crippen molar-refractivity contribution in [2.45, 2.75) is 25.4 Å². The third-order valence-electron chi connectivity index (χ3n) is 3.18. The van der Waals surface area contributed by atoms with E-state index in [1.54, 1.807) is 0 Å². The maximum atomic E-state index is 13.8. The standard InChI is InChI=1S/C12H13BrClF2N/c13-10-3-4-11(15)9(12(10)16)7-17-5-1-2-8(17)6-14/h3-4,8H,1-2,5-7H2. The minimum absolute atomic E-state index is 0.122. The third kappa shape index (κ3) is 2.80. The molecule has 1 heterocycles. The van der Waals surface area contributed by atoms with E-state index in [4.69, 9.17) is 11.6 Å². The Morgan fingerprint density at radius 3 is 2.88 bits per heavy atom. The molecule has 0 radical (unpaired) electrons. The molecular weight excluding hydrogens is 311 g/mol. The molecule has 1 fully saturated rings. The molecule has 94 valence electrons. The van der Waals surface area contributed by atoms with Crippen LogP contribution >= 0.6 is 27.5 Å². The largest absolute Gasteiger partial charge is 0.295 e.